The van der Waals surface area contributed by atoms with Crippen LogP contribution in [0.15, 0.2) is 40.3 Å². The smallest absolute Gasteiger partial charge is 0.278 e. The third kappa shape index (κ3) is 5.70. The molecule has 166 valence electrons. The maximum atomic E-state index is 13.0. The first kappa shape index (κ1) is 22.9. The van der Waals surface area contributed by atoms with E-state index in [0.717, 1.165) is 23.4 Å². The van der Waals surface area contributed by atoms with Gasteiger partial charge in [-0.1, -0.05) is 37.7 Å². The monoisotopic (exact) mass is 442 g/mol. The largest absolute Gasteiger partial charge is 0.497 e. The van der Waals surface area contributed by atoms with Gasteiger partial charge < -0.3 is 15.0 Å². The number of aromatic amines is 1. The summed E-state index contributed by atoms with van der Waals surface area (Å²) in [5.74, 6) is 1.27. The number of ether oxygens (including phenoxy) is 1. The summed E-state index contributed by atoms with van der Waals surface area (Å²) in [4.78, 5) is 33.4. The number of thioether (sulfide) groups is 1. The number of carbonyl (C=O) groups excluding carboxylic acids is 1. The normalized spacial score (nSPS) is 12.3. The van der Waals surface area contributed by atoms with E-state index in [1.165, 1.54) is 11.8 Å². The highest BCUT2D eigenvalue weighted by Crippen LogP contribution is 2.21. The number of hydrogen-bond acceptors (Lipinski definition) is 5. The highest BCUT2D eigenvalue weighted by Gasteiger charge is 2.16. The molecule has 2 aromatic heterocycles. The van der Waals surface area contributed by atoms with Crippen molar-refractivity contribution in [1.82, 2.24) is 19.9 Å². The Hall–Kier alpha value is -2.74. The fourth-order valence-corrected chi connectivity index (χ4v) is 4.15. The molecule has 0 aliphatic rings. The quantitative estimate of drug-likeness (QED) is 0.385. The molecule has 0 spiro atoms. The molecule has 0 bridgehead atoms. The van der Waals surface area contributed by atoms with Crippen molar-refractivity contribution in [2.45, 2.75) is 51.9 Å². The molecule has 1 atom stereocenters. The first-order valence-electron chi connectivity index (χ1n) is 10.4. The zero-order valence-electron chi connectivity index (χ0n) is 18.7. The van der Waals surface area contributed by atoms with Gasteiger partial charge in [0.2, 0.25) is 5.91 Å². The lowest BCUT2D eigenvalue weighted by Gasteiger charge is -2.16. The Bertz CT molecular complexity index is 1120. The van der Waals surface area contributed by atoms with Crippen LogP contribution in [-0.4, -0.2) is 33.3 Å². The predicted octanol–water partition coefficient (Wildman–Crippen LogP) is 4.06. The number of nitrogens with one attached hydrogen (secondary N) is 2. The molecular formula is C23H30N4O3S. The second-order valence-electron chi connectivity index (χ2n) is 8.10. The molecule has 3 aromatic rings. The zero-order valence-corrected chi connectivity index (χ0v) is 19.5. The van der Waals surface area contributed by atoms with Crippen molar-refractivity contribution in [3.05, 3.63) is 51.9 Å². The summed E-state index contributed by atoms with van der Waals surface area (Å²) >= 11 is 1.29. The molecule has 0 saturated heterocycles. The van der Waals surface area contributed by atoms with Crippen molar-refractivity contribution in [1.29, 1.82) is 0 Å². The van der Waals surface area contributed by atoms with Crippen LogP contribution in [-0.2, 0) is 11.3 Å². The summed E-state index contributed by atoms with van der Waals surface area (Å²) in [7, 11) is 1.62. The zero-order chi connectivity index (χ0) is 22.5. The van der Waals surface area contributed by atoms with Crippen molar-refractivity contribution < 1.29 is 9.53 Å². The Labute approximate surface area is 186 Å². The van der Waals surface area contributed by atoms with Gasteiger partial charge in [0, 0.05) is 12.2 Å². The van der Waals surface area contributed by atoms with Crippen LogP contribution in [0.3, 0.4) is 0 Å². The van der Waals surface area contributed by atoms with Gasteiger partial charge >= 0.3 is 0 Å². The summed E-state index contributed by atoms with van der Waals surface area (Å²) in [6.07, 6.45) is 0.861. The van der Waals surface area contributed by atoms with Crippen LogP contribution in [0.2, 0.25) is 0 Å². The van der Waals surface area contributed by atoms with E-state index in [-0.39, 0.29) is 23.3 Å². The van der Waals surface area contributed by atoms with Crippen LogP contribution in [0.25, 0.3) is 11.0 Å². The van der Waals surface area contributed by atoms with Gasteiger partial charge in [0.05, 0.1) is 24.4 Å². The lowest BCUT2D eigenvalue weighted by Crippen LogP contribution is -2.29. The van der Waals surface area contributed by atoms with E-state index in [9.17, 15) is 9.59 Å². The number of methoxy groups -OCH3 is 1. The fraction of sp³-hybridized carbons (Fsp3) is 0.435. The van der Waals surface area contributed by atoms with Crippen LogP contribution < -0.4 is 15.6 Å². The van der Waals surface area contributed by atoms with E-state index >= 15 is 0 Å². The lowest BCUT2D eigenvalue weighted by molar-refractivity contribution is -0.119. The predicted molar refractivity (Wildman–Crippen MR) is 125 cm³/mol. The van der Waals surface area contributed by atoms with Crippen LogP contribution in [0.1, 0.15) is 44.5 Å². The van der Waals surface area contributed by atoms with E-state index in [1.807, 2.05) is 44.2 Å². The molecule has 31 heavy (non-hydrogen) atoms. The molecule has 0 fully saturated rings. The summed E-state index contributed by atoms with van der Waals surface area (Å²) in [6, 6.07) is 9.33. The second-order valence-corrected chi connectivity index (χ2v) is 9.04. The van der Waals surface area contributed by atoms with E-state index in [2.05, 4.69) is 29.1 Å². The molecule has 0 unspecified atom stereocenters. The van der Waals surface area contributed by atoms with Crippen molar-refractivity contribution in [2.75, 3.05) is 12.9 Å². The number of carbonyl (C=O) groups is 1. The molecular weight excluding hydrogens is 412 g/mol. The Morgan fingerprint density at radius 2 is 2.06 bits per heavy atom. The number of nitrogens with zero attached hydrogens (tertiary/aromatic N) is 2. The third-order valence-corrected chi connectivity index (χ3v) is 6.05. The van der Waals surface area contributed by atoms with Gasteiger partial charge in [0.25, 0.3) is 5.56 Å². The van der Waals surface area contributed by atoms with Crippen LogP contribution in [0.4, 0.5) is 0 Å². The van der Waals surface area contributed by atoms with Gasteiger partial charge in [0.1, 0.15) is 11.3 Å². The molecule has 1 amide bonds. The van der Waals surface area contributed by atoms with E-state index < -0.39 is 0 Å². The van der Waals surface area contributed by atoms with Crippen molar-refractivity contribution >= 4 is 28.7 Å². The summed E-state index contributed by atoms with van der Waals surface area (Å²) < 4.78 is 6.94. The van der Waals surface area contributed by atoms with Crippen LogP contribution in [0.5, 0.6) is 5.75 Å². The highest BCUT2D eigenvalue weighted by atomic mass is 32.2. The van der Waals surface area contributed by atoms with Gasteiger partial charge in [-0.05, 0) is 49.9 Å². The Kier molecular flexibility index (Phi) is 7.43. The molecule has 0 radical (unpaired) electrons. The Morgan fingerprint density at radius 3 is 2.77 bits per heavy atom. The van der Waals surface area contributed by atoms with Gasteiger partial charge in [-0.3, -0.25) is 14.2 Å². The number of hydrogen-bond donors (Lipinski definition) is 2. The Balaban J connectivity index is 1.74. The minimum atomic E-state index is -0.158. The van der Waals surface area contributed by atoms with Crippen LogP contribution >= 0.6 is 11.8 Å². The average molecular weight is 443 g/mol. The molecule has 0 aliphatic carbocycles. The molecule has 2 N–H and O–H groups in total. The molecule has 1 aromatic carbocycles. The van der Waals surface area contributed by atoms with E-state index in [0.29, 0.717) is 28.7 Å². The van der Waals surface area contributed by atoms with E-state index in [1.54, 1.807) is 11.7 Å². The molecule has 0 saturated carbocycles. The van der Waals surface area contributed by atoms with Crippen molar-refractivity contribution in [3.8, 4) is 5.75 Å². The molecule has 2 heterocycles. The van der Waals surface area contributed by atoms with Crippen molar-refractivity contribution in [2.24, 2.45) is 5.92 Å². The van der Waals surface area contributed by atoms with Gasteiger partial charge in [-0.25, -0.2) is 4.98 Å². The number of H-pyrrole nitrogens is 1. The minimum absolute atomic E-state index is 0.0913. The third-order valence-electron chi connectivity index (χ3n) is 5.07. The first-order valence-corrected chi connectivity index (χ1v) is 11.4. The fourth-order valence-electron chi connectivity index (χ4n) is 3.31. The average Bonchev–Trinajstić information content (AvgIpc) is 3.12. The lowest BCUT2D eigenvalue weighted by atomic mass is 10.1. The van der Waals surface area contributed by atoms with Crippen molar-refractivity contribution in [3.63, 3.8) is 0 Å². The number of aromatic nitrogens is 3. The maximum Gasteiger partial charge on any atom is 0.278 e. The van der Waals surface area contributed by atoms with Gasteiger partial charge in [-0.2, -0.15) is 0 Å². The SMILES string of the molecule is COc1cccc([C@H](C)NC(=O)CSc2nc3cc(C)[nH]c3c(=O)n2CCC(C)C)c1. The number of benzene rings is 1. The summed E-state index contributed by atoms with van der Waals surface area (Å²) in [5.41, 5.74) is 2.92. The second kappa shape index (κ2) is 10.0. The molecule has 0 aliphatic heterocycles. The number of rotatable bonds is 9. The van der Waals surface area contributed by atoms with Crippen LogP contribution in [0, 0.1) is 12.8 Å². The first-order chi connectivity index (χ1) is 14.8. The number of aryl methyl sites for hydroxylation is 1. The number of fused-ring (bicyclic) bond motifs is 1. The molecule has 7 nitrogen and oxygen atoms in total. The van der Waals surface area contributed by atoms with Gasteiger partial charge in [0.15, 0.2) is 5.16 Å². The molecule has 3 rings (SSSR count). The highest BCUT2D eigenvalue weighted by molar-refractivity contribution is 7.99. The topological polar surface area (TPSA) is 89.0 Å². The standard InChI is InChI=1S/C23H30N4O3S/c1-14(2)9-10-27-22(29)21-19(11-15(3)24-21)26-23(27)31-13-20(28)25-16(4)17-7-6-8-18(12-17)30-5/h6-8,11-12,14,16,24H,9-10,13H2,1-5H3,(H,25,28)/t16-/m0/s1. The summed E-state index contributed by atoms with van der Waals surface area (Å²) in [5, 5.41) is 3.58. The maximum absolute atomic E-state index is 13.0. The van der Waals surface area contributed by atoms with Gasteiger partial charge in [-0.15, -0.1) is 0 Å². The summed E-state index contributed by atoms with van der Waals surface area (Å²) in [6.45, 7) is 8.65. The Morgan fingerprint density at radius 1 is 1.29 bits per heavy atom. The number of amides is 1. The molecule has 8 heteroatoms. The van der Waals surface area contributed by atoms with E-state index in [4.69, 9.17) is 4.74 Å². The minimum Gasteiger partial charge on any atom is -0.497 e.